The first kappa shape index (κ1) is 18.4. The normalized spacial score (nSPS) is 18.3. The SMILES string of the molecule is C#CCOc1ccc(C2C(C(=O)OCC)=C(C)N=C3SC=CN32)cc1Cl. The van der Waals surface area contributed by atoms with E-state index in [1.165, 1.54) is 11.8 Å². The average molecular weight is 389 g/mol. The van der Waals surface area contributed by atoms with Gasteiger partial charge in [-0.25, -0.2) is 9.79 Å². The van der Waals surface area contributed by atoms with Crippen LogP contribution in [0.1, 0.15) is 25.5 Å². The number of amidine groups is 1. The molecule has 0 saturated heterocycles. The third kappa shape index (κ3) is 3.46. The quantitative estimate of drug-likeness (QED) is 0.561. The first-order valence-corrected chi connectivity index (χ1v) is 9.26. The predicted molar refractivity (Wildman–Crippen MR) is 104 cm³/mol. The third-order valence-corrected chi connectivity index (χ3v) is 4.96. The van der Waals surface area contributed by atoms with Crippen molar-refractivity contribution >= 4 is 34.5 Å². The summed E-state index contributed by atoms with van der Waals surface area (Å²) in [5.74, 6) is 2.53. The van der Waals surface area contributed by atoms with E-state index in [0.717, 1.165) is 10.7 Å². The number of allylic oxidation sites excluding steroid dienone is 1. The summed E-state index contributed by atoms with van der Waals surface area (Å²) >= 11 is 7.86. The van der Waals surface area contributed by atoms with Crippen LogP contribution in [0.5, 0.6) is 5.75 Å². The fourth-order valence-corrected chi connectivity index (χ4v) is 3.86. The van der Waals surface area contributed by atoms with Crippen LogP contribution in [0.15, 0.2) is 46.1 Å². The number of hydrogen-bond acceptors (Lipinski definition) is 6. The lowest BCUT2D eigenvalue weighted by molar-refractivity contribution is -0.139. The number of nitrogens with zero attached hydrogens (tertiary/aromatic N) is 2. The van der Waals surface area contributed by atoms with Gasteiger partial charge in [-0.2, -0.15) is 0 Å². The largest absolute Gasteiger partial charge is 0.479 e. The molecule has 0 radical (unpaired) electrons. The smallest absolute Gasteiger partial charge is 0.338 e. The van der Waals surface area contributed by atoms with Crippen molar-refractivity contribution in [3.63, 3.8) is 0 Å². The van der Waals surface area contributed by atoms with E-state index in [1.807, 2.05) is 29.5 Å². The van der Waals surface area contributed by atoms with E-state index in [4.69, 9.17) is 27.5 Å². The minimum Gasteiger partial charge on any atom is -0.479 e. The summed E-state index contributed by atoms with van der Waals surface area (Å²) in [6.45, 7) is 4.02. The first-order chi connectivity index (χ1) is 12.6. The minimum atomic E-state index is -0.383. The highest BCUT2D eigenvalue weighted by Gasteiger charge is 2.37. The van der Waals surface area contributed by atoms with Crippen molar-refractivity contribution in [1.82, 2.24) is 4.90 Å². The van der Waals surface area contributed by atoms with E-state index in [-0.39, 0.29) is 18.6 Å². The molecule has 0 bridgehead atoms. The molecular weight excluding hydrogens is 372 g/mol. The molecule has 2 aliphatic rings. The molecule has 5 nitrogen and oxygen atoms in total. The van der Waals surface area contributed by atoms with Gasteiger partial charge in [0.25, 0.3) is 0 Å². The lowest BCUT2D eigenvalue weighted by atomic mass is 9.95. The predicted octanol–water partition coefficient (Wildman–Crippen LogP) is 4.12. The van der Waals surface area contributed by atoms with E-state index in [1.54, 1.807) is 19.1 Å². The van der Waals surface area contributed by atoms with Crippen molar-refractivity contribution in [2.45, 2.75) is 19.9 Å². The Bertz CT molecular complexity index is 870. The fraction of sp³-hybridized carbons (Fsp3) is 0.263. The highest BCUT2D eigenvalue weighted by atomic mass is 35.5. The summed E-state index contributed by atoms with van der Waals surface area (Å²) in [7, 11) is 0. The van der Waals surface area contributed by atoms with Crippen molar-refractivity contribution in [1.29, 1.82) is 0 Å². The molecule has 1 aromatic rings. The summed E-state index contributed by atoms with van der Waals surface area (Å²) in [5.41, 5.74) is 1.97. The summed E-state index contributed by atoms with van der Waals surface area (Å²) in [6.07, 6.45) is 7.12. The Morgan fingerprint density at radius 3 is 3.00 bits per heavy atom. The maximum atomic E-state index is 12.6. The van der Waals surface area contributed by atoms with Crippen LogP contribution in [-0.2, 0) is 9.53 Å². The number of rotatable bonds is 5. The molecule has 0 amide bonds. The summed E-state index contributed by atoms with van der Waals surface area (Å²) < 4.78 is 10.7. The van der Waals surface area contributed by atoms with Crippen LogP contribution >= 0.6 is 23.4 Å². The molecule has 3 rings (SSSR count). The number of ether oxygens (including phenoxy) is 2. The number of halogens is 1. The van der Waals surface area contributed by atoms with Crippen molar-refractivity contribution in [3.05, 3.63) is 51.7 Å². The van der Waals surface area contributed by atoms with Crippen molar-refractivity contribution in [3.8, 4) is 18.1 Å². The van der Waals surface area contributed by atoms with Crippen molar-refractivity contribution < 1.29 is 14.3 Å². The van der Waals surface area contributed by atoms with E-state index in [0.29, 0.717) is 28.6 Å². The van der Waals surface area contributed by atoms with Gasteiger partial charge in [-0.05, 0) is 37.0 Å². The molecule has 26 heavy (non-hydrogen) atoms. The monoisotopic (exact) mass is 388 g/mol. The second-order valence-electron chi connectivity index (χ2n) is 5.51. The van der Waals surface area contributed by atoms with E-state index in [2.05, 4.69) is 10.9 Å². The van der Waals surface area contributed by atoms with Crippen LogP contribution in [0, 0.1) is 12.3 Å². The molecule has 0 saturated carbocycles. The van der Waals surface area contributed by atoms with Crippen LogP contribution in [0.4, 0.5) is 0 Å². The molecule has 134 valence electrons. The average Bonchev–Trinajstić information content (AvgIpc) is 3.07. The van der Waals surface area contributed by atoms with Gasteiger partial charge in [-0.3, -0.25) is 0 Å². The minimum absolute atomic E-state index is 0.137. The van der Waals surface area contributed by atoms with Crippen LogP contribution in [0.3, 0.4) is 0 Å². The van der Waals surface area contributed by atoms with Crippen molar-refractivity contribution in [2.75, 3.05) is 13.2 Å². The Kier molecular flexibility index (Phi) is 5.60. The number of aliphatic imine (C=N–C) groups is 1. The maximum absolute atomic E-state index is 12.6. The Labute approximate surface area is 161 Å². The summed E-state index contributed by atoms with van der Waals surface area (Å²) in [6, 6.07) is 5.04. The highest BCUT2D eigenvalue weighted by molar-refractivity contribution is 8.16. The van der Waals surface area contributed by atoms with Gasteiger partial charge in [0.15, 0.2) is 5.17 Å². The lowest BCUT2D eigenvalue weighted by Crippen LogP contribution is -2.34. The van der Waals surface area contributed by atoms with E-state index in [9.17, 15) is 4.79 Å². The van der Waals surface area contributed by atoms with Gasteiger partial charge in [0.1, 0.15) is 12.4 Å². The molecular formula is C19H17ClN2O3S. The van der Waals surface area contributed by atoms with Gasteiger partial charge in [0.05, 0.1) is 28.9 Å². The van der Waals surface area contributed by atoms with Gasteiger partial charge in [-0.1, -0.05) is 35.3 Å². The number of carbonyl (C=O) groups is 1. The maximum Gasteiger partial charge on any atom is 0.338 e. The second kappa shape index (κ2) is 7.90. The fourth-order valence-electron chi connectivity index (χ4n) is 2.82. The molecule has 7 heteroatoms. The van der Waals surface area contributed by atoms with Gasteiger partial charge in [-0.15, -0.1) is 6.42 Å². The number of fused-ring (bicyclic) bond motifs is 1. The van der Waals surface area contributed by atoms with E-state index < -0.39 is 0 Å². The molecule has 0 N–H and O–H groups in total. The van der Waals surface area contributed by atoms with Gasteiger partial charge in [0.2, 0.25) is 0 Å². The molecule has 1 unspecified atom stereocenters. The molecule has 1 atom stereocenters. The Morgan fingerprint density at radius 2 is 2.31 bits per heavy atom. The summed E-state index contributed by atoms with van der Waals surface area (Å²) in [5, 5.41) is 3.17. The number of benzene rings is 1. The van der Waals surface area contributed by atoms with Crippen LogP contribution < -0.4 is 4.74 Å². The zero-order valence-electron chi connectivity index (χ0n) is 14.4. The Hall–Kier alpha value is -2.36. The number of carbonyl (C=O) groups excluding carboxylic acids is 1. The Morgan fingerprint density at radius 1 is 1.50 bits per heavy atom. The summed E-state index contributed by atoms with van der Waals surface area (Å²) in [4.78, 5) is 19.1. The van der Waals surface area contributed by atoms with Gasteiger partial charge < -0.3 is 14.4 Å². The van der Waals surface area contributed by atoms with Crippen molar-refractivity contribution in [2.24, 2.45) is 4.99 Å². The highest BCUT2D eigenvalue weighted by Crippen LogP contribution is 2.42. The molecule has 0 fully saturated rings. The molecule has 2 heterocycles. The lowest BCUT2D eigenvalue weighted by Gasteiger charge is -2.33. The van der Waals surface area contributed by atoms with Crippen LogP contribution in [0.2, 0.25) is 5.02 Å². The van der Waals surface area contributed by atoms with Gasteiger partial charge >= 0.3 is 5.97 Å². The van der Waals surface area contributed by atoms with Gasteiger partial charge in [0, 0.05) is 6.20 Å². The second-order valence-corrected chi connectivity index (χ2v) is 6.79. The van der Waals surface area contributed by atoms with Crippen LogP contribution in [-0.4, -0.2) is 29.3 Å². The zero-order chi connectivity index (χ0) is 18.7. The van der Waals surface area contributed by atoms with Crippen LogP contribution in [0.25, 0.3) is 0 Å². The molecule has 0 aromatic heterocycles. The Balaban J connectivity index is 2.03. The first-order valence-electron chi connectivity index (χ1n) is 8.00. The third-order valence-electron chi connectivity index (χ3n) is 3.90. The number of esters is 1. The van der Waals surface area contributed by atoms with E-state index >= 15 is 0 Å². The zero-order valence-corrected chi connectivity index (χ0v) is 15.9. The molecule has 0 aliphatic carbocycles. The number of hydrogen-bond donors (Lipinski definition) is 0. The molecule has 0 spiro atoms. The molecule has 2 aliphatic heterocycles. The topological polar surface area (TPSA) is 51.1 Å². The number of terminal acetylenes is 1. The number of thioether (sulfide) groups is 1. The molecule has 1 aromatic carbocycles. The standard InChI is InChI=1S/C19H17ClN2O3S/c1-4-9-25-15-7-6-13(11-14(15)20)17-16(18(23)24-5-2)12(3)21-19-22(17)8-10-26-19/h1,6-8,10-11,17H,5,9H2,2-3H3.